The lowest BCUT2D eigenvalue weighted by Gasteiger charge is -2.13. The van der Waals surface area contributed by atoms with E-state index in [-0.39, 0.29) is 10.7 Å². The highest BCUT2D eigenvalue weighted by atomic mass is 35.5. The molecule has 0 radical (unpaired) electrons. The maximum absolute atomic E-state index is 10.7. The van der Waals surface area contributed by atoms with E-state index in [4.69, 9.17) is 16.3 Å². The normalized spacial score (nSPS) is 18.9. The van der Waals surface area contributed by atoms with Crippen molar-refractivity contribution in [3.8, 4) is 5.75 Å². The van der Waals surface area contributed by atoms with Gasteiger partial charge in [0.2, 0.25) is 0 Å². The summed E-state index contributed by atoms with van der Waals surface area (Å²) in [5.74, 6) is 1.12. The predicted octanol–water partition coefficient (Wildman–Crippen LogP) is 2.54. The Bertz CT molecular complexity index is 459. The molecule has 1 unspecified atom stereocenters. The zero-order valence-corrected chi connectivity index (χ0v) is 10.9. The van der Waals surface area contributed by atoms with Crippen LogP contribution in [-0.4, -0.2) is 24.6 Å². The molecule has 1 heterocycles. The van der Waals surface area contributed by atoms with Gasteiger partial charge in [-0.15, -0.1) is 0 Å². The summed E-state index contributed by atoms with van der Waals surface area (Å²) in [5, 5.41) is 14.1. The molecular formula is C12H15ClN2O3. The van der Waals surface area contributed by atoms with Crippen molar-refractivity contribution in [3.63, 3.8) is 0 Å². The molecule has 1 aliphatic heterocycles. The number of hydrogen-bond donors (Lipinski definition) is 1. The van der Waals surface area contributed by atoms with Crippen LogP contribution >= 0.6 is 11.6 Å². The van der Waals surface area contributed by atoms with Crippen LogP contribution in [-0.2, 0) is 0 Å². The predicted molar refractivity (Wildman–Crippen MR) is 69.3 cm³/mol. The number of nitrogens with one attached hydrogen (secondary N) is 1. The summed E-state index contributed by atoms with van der Waals surface area (Å²) >= 11 is 5.86. The topological polar surface area (TPSA) is 64.4 Å². The molecule has 0 saturated carbocycles. The second-order valence-corrected chi connectivity index (χ2v) is 4.90. The van der Waals surface area contributed by atoms with Gasteiger partial charge >= 0.3 is 0 Å². The standard InChI is InChI=1S/C12H15ClN2O3/c1-8-4-11(15(16)17)10(13)5-12(8)18-7-9-2-3-14-6-9/h4-5,9,14H,2-3,6-7H2,1H3. The minimum atomic E-state index is -0.486. The monoisotopic (exact) mass is 270 g/mol. The molecule has 1 aliphatic rings. The fourth-order valence-corrected chi connectivity index (χ4v) is 2.23. The van der Waals surface area contributed by atoms with Crippen LogP contribution in [0, 0.1) is 23.0 Å². The molecule has 5 nitrogen and oxygen atoms in total. The Labute approximate surface area is 110 Å². The zero-order chi connectivity index (χ0) is 13.1. The second-order valence-electron chi connectivity index (χ2n) is 4.50. The van der Waals surface area contributed by atoms with Crippen LogP contribution < -0.4 is 10.1 Å². The summed E-state index contributed by atoms with van der Waals surface area (Å²) in [6.07, 6.45) is 1.10. The minimum absolute atomic E-state index is 0.0796. The molecule has 98 valence electrons. The van der Waals surface area contributed by atoms with Crippen LogP contribution in [0.4, 0.5) is 5.69 Å². The number of nitro groups is 1. The third kappa shape index (κ3) is 2.91. The maximum Gasteiger partial charge on any atom is 0.288 e. The summed E-state index contributed by atoms with van der Waals surface area (Å²) < 4.78 is 5.69. The van der Waals surface area contributed by atoms with Crippen molar-refractivity contribution in [2.45, 2.75) is 13.3 Å². The summed E-state index contributed by atoms with van der Waals surface area (Å²) in [7, 11) is 0. The smallest absolute Gasteiger partial charge is 0.288 e. The molecule has 0 amide bonds. The van der Waals surface area contributed by atoms with Gasteiger partial charge in [-0.2, -0.15) is 0 Å². The maximum atomic E-state index is 10.7. The Hall–Kier alpha value is -1.33. The third-order valence-electron chi connectivity index (χ3n) is 3.08. The molecule has 1 fully saturated rings. The van der Waals surface area contributed by atoms with Crippen molar-refractivity contribution in [1.29, 1.82) is 0 Å². The summed E-state index contributed by atoms with van der Waals surface area (Å²) in [6, 6.07) is 2.97. The number of ether oxygens (including phenoxy) is 1. The summed E-state index contributed by atoms with van der Waals surface area (Å²) in [5.41, 5.74) is 0.654. The Morgan fingerprint density at radius 3 is 3.00 bits per heavy atom. The Morgan fingerprint density at radius 1 is 1.61 bits per heavy atom. The molecule has 2 rings (SSSR count). The van der Waals surface area contributed by atoms with Crippen LogP contribution in [0.5, 0.6) is 5.75 Å². The zero-order valence-electron chi connectivity index (χ0n) is 10.1. The number of hydrogen-bond acceptors (Lipinski definition) is 4. The number of halogens is 1. The average Bonchev–Trinajstić information content (AvgIpc) is 2.82. The van der Waals surface area contributed by atoms with Crippen molar-refractivity contribution >= 4 is 17.3 Å². The quantitative estimate of drug-likeness (QED) is 0.674. The van der Waals surface area contributed by atoms with Crippen LogP contribution in [0.25, 0.3) is 0 Å². The van der Waals surface area contributed by atoms with E-state index in [2.05, 4.69) is 5.32 Å². The minimum Gasteiger partial charge on any atom is -0.493 e. The largest absolute Gasteiger partial charge is 0.493 e. The van der Waals surface area contributed by atoms with E-state index in [0.29, 0.717) is 18.3 Å². The summed E-state index contributed by atoms with van der Waals surface area (Å²) in [4.78, 5) is 10.2. The first-order chi connectivity index (χ1) is 8.58. The fraction of sp³-hybridized carbons (Fsp3) is 0.500. The van der Waals surface area contributed by atoms with E-state index in [1.54, 1.807) is 6.92 Å². The van der Waals surface area contributed by atoms with Crippen molar-refractivity contribution in [3.05, 3.63) is 32.8 Å². The molecule has 1 N–H and O–H groups in total. The molecule has 1 saturated heterocycles. The van der Waals surface area contributed by atoms with Gasteiger partial charge in [-0.05, 0) is 25.5 Å². The van der Waals surface area contributed by atoms with E-state index in [9.17, 15) is 10.1 Å². The fourth-order valence-electron chi connectivity index (χ4n) is 2.01. The SMILES string of the molecule is Cc1cc([N+](=O)[O-])c(Cl)cc1OCC1CCNC1. The first kappa shape index (κ1) is 13.1. The third-order valence-corrected chi connectivity index (χ3v) is 3.38. The molecule has 0 spiro atoms. The van der Waals surface area contributed by atoms with Gasteiger partial charge < -0.3 is 10.1 Å². The highest BCUT2D eigenvalue weighted by Gasteiger charge is 2.18. The molecule has 1 atom stereocenters. The Morgan fingerprint density at radius 2 is 2.39 bits per heavy atom. The van der Waals surface area contributed by atoms with Crippen molar-refractivity contribution < 1.29 is 9.66 Å². The lowest BCUT2D eigenvalue weighted by molar-refractivity contribution is -0.384. The number of benzene rings is 1. The van der Waals surface area contributed by atoms with Gasteiger partial charge in [0, 0.05) is 24.6 Å². The van der Waals surface area contributed by atoms with E-state index < -0.39 is 4.92 Å². The number of nitrogens with zero attached hydrogens (tertiary/aromatic N) is 1. The molecule has 0 aromatic heterocycles. The first-order valence-corrected chi connectivity index (χ1v) is 6.24. The molecule has 6 heteroatoms. The van der Waals surface area contributed by atoms with Gasteiger partial charge in [0.15, 0.2) is 0 Å². The van der Waals surface area contributed by atoms with E-state index >= 15 is 0 Å². The number of rotatable bonds is 4. The van der Waals surface area contributed by atoms with Crippen LogP contribution in [0.2, 0.25) is 5.02 Å². The van der Waals surface area contributed by atoms with E-state index in [0.717, 1.165) is 25.1 Å². The molecule has 1 aromatic carbocycles. The molecule has 1 aromatic rings. The van der Waals surface area contributed by atoms with Crippen LogP contribution in [0.15, 0.2) is 12.1 Å². The number of aryl methyl sites for hydroxylation is 1. The lowest BCUT2D eigenvalue weighted by atomic mass is 10.1. The van der Waals surface area contributed by atoms with Crippen LogP contribution in [0.3, 0.4) is 0 Å². The molecule has 0 bridgehead atoms. The molecule has 18 heavy (non-hydrogen) atoms. The van der Waals surface area contributed by atoms with Gasteiger partial charge in [-0.3, -0.25) is 10.1 Å². The van der Waals surface area contributed by atoms with Gasteiger partial charge in [0.1, 0.15) is 10.8 Å². The number of nitro benzene ring substituents is 1. The average molecular weight is 271 g/mol. The summed E-state index contributed by atoms with van der Waals surface area (Å²) in [6.45, 7) is 4.38. The Balaban J connectivity index is 2.08. The Kier molecular flexibility index (Phi) is 4.04. The first-order valence-electron chi connectivity index (χ1n) is 5.86. The van der Waals surface area contributed by atoms with Crippen molar-refractivity contribution in [2.75, 3.05) is 19.7 Å². The van der Waals surface area contributed by atoms with Gasteiger partial charge in [0.05, 0.1) is 11.5 Å². The molecule has 0 aliphatic carbocycles. The van der Waals surface area contributed by atoms with Crippen molar-refractivity contribution in [2.24, 2.45) is 5.92 Å². The van der Waals surface area contributed by atoms with Gasteiger partial charge in [-0.25, -0.2) is 0 Å². The van der Waals surface area contributed by atoms with Gasteiger partial charge in [0.25, 0.3) is 5.69 Å². The van der Waals surface area contributed by atoms with E-state index in [1.807, 2.05) is 0 Å². The molecular weight excluding hydrogens is 256 g/mol. The highest BCUT2D eigenvalue weighted by molar-refractivity contribution is 6.32. The van der Waals surface area contributed by atoms with Gasteiger partial charge in [-0.1, -0.05) is 11.6 Å². The lowest BCUT2D eigenvalue weighted by Crippen LogP contribution is -2.15. The second kappa shape index (κ2) is 5.54. The van der Waals surface area contributed by atoms with Crippen molar-refractivity contribution in [1.82, 2.24) is 5.32 Å². The highest BCUT2D eigenvalue weighted by Crippen LogP contribution is 2.32. The van der Waals surface area contributed by atoms with Crippen LogP contribution in [0.1, 0.15) is 12.0 Å². The van der Waals surface area contributed by atoms with E-state index in [1.165, 1.54) is 12.1 Å².